The molecule has 2 heterocycles. The van der Waals surface area contributed by atoms with Crippen LogP contribution >= 0.6 is 12.2 Å². The zero-order valence-electron chi connectivity index (χ0n) is 10.6. The second-order valence-corrected chi connectivity index (χ2v) is 4.46. The first-order valence-electron chi connectivity index (χ1n) is 5.96. The van der Waals surface area contributed by atoms with Crippen molar-refractivity contribution >= 4 is 29.3 Å². The zero-order valence-corrected chi connectivity index (χ0v) is 11.4. The molecule has 0 aromatic carbocycles. The molecule has 1 aromatic rings. The minimum absolute atomic E-state index is 0.107. The second-order valence-electron chi connectivity index (χ2n) is 4.08. The average Bonchev–Trinajstić information content (AvgIpc) is 2.68. The van der Waals surface area contributed by atoms with Crippen LogP contribution in [0.3, 0.4) is 0 Å². The number of hydrogen-bond donors (Lipinski definition) is 1. The third-order valence-corrected chi connectivity index (χ3v) is 3.01. The van der Waals surface area contributed by atoms with E-state index in [2.05, 4.69) is 10.3 Å². The maximum absolute atomic E-state index is 12.2. The van der Waals surface area contributed by atoms with Gasteiger partial charge >= 0.3 is 0 Å². The molecule has 1 amide bonds. The number of methoxy groups -OCH3 is 1. The van der Waals surface area contributed by atoms with Crippen LogP contribution in [0.15, 0.2) is 30.2 Å². The number of hydrogen-bond acceptors (Lipinski definition) is 4. The summed E-state index contributed by atoms with van der Waals surface area (Å²) in [5, 5.41) is 3.37. The zero-order chi connectivity index (χ0) is 13.7. The second kappa shape index (κ2) is 6.40. The summed E-state index contributed by atoms with van der Waals surface area (Å²) in [5.74, 6) is -0.107. The average molecular weight is 277 g/mol. The fraction of sp³-hybridized carbons (Fsp3) is 0.308. The van der Waals surface area contributed by atoms with Gasteiger partial charge in [-0.1, -0.05) is 6.07 Å². The van der Waals surface area contributed by atoms with Gasteiger partial charge in [-0.15, -0.1) is 0 Å². The third kappa shape index (κ3) is 3.36. The number of carbonyl (C=O) groups excluding carboxylic acids is 1. The minimum Gasteiger partial charge on any atom is -0.385 e. The van der Waals surface area contributed by atoms with Crippen molar-refractivity contribution in [3.8, 4) is 0 Å². The van der Waals surface area contributed by atoms with Crippen molar-refractivity contribution in [3.63, 3.8) is 0 Å². The Labute approximate surface area is 117 Å². The van der Waals surface area contributed by atoms with Crippen molar-refractivity contribution in [1.82, 2.24) is 15.2 Å². The van der Waals surface area contributed by atoms with Gasteiger partial charge in [-0.2, -0.15) is 0 Å². The lowest BCUT2D eigenvalue weighted by molar-refractivity contribution is -0.122. The standard InChI is InChI=1S/C13H15N3O2S/c1-18-7-3-6-16-12(17)11(15-13(16)19)8-10-4-2-5-14-9-10/h2,4-5,8-9H,3,6-7H2,1H3,(H,15,19)/b11-8+. The van der Waals surface area contributed by atoms with E-state index in [1.807, 2.05) is 12.1 Å². The molecule has 1 fully saturated rings. The highest BCUT2D eigenvalue weighted by Gasteiger charge is 2.29. The monoisotopic (exact) mass is 277 g/mol. The maximum atomic E-state index is 12.2. The summed E-state index contributed by atoms with van der Waals surface area (Å²) in [5.41, 5.74) is 1.34. The van der Waals surface area contributed by atoms with Crippen LogP contribution in [0.25, 0.3) is 6.08 Å². The summed E-state index contributed by atoms with van der Waals surface area (Å²) in [6.07, 6.45) is 5.88. The summed E-state index contributed by atoms with van der Waals surface area (Å²) in [4.78, 5) is 17.7. The van der Waals surface area contributed by atoms with Crippen LogP contribution in [0.4, 0.5) is 0 Å². The smallest absolute Gasteiger partial charge is 0.276 e. The molecule has 0 saturated carbocycles. The molecule has 0 aliphatic carbocycles. The predicted octanol–water partition coefficient (Wildman–Crippen LogP) is 1.18. The van der Waals surface area contributed by atoms with Crippen LogP contribution in [0.2, 0.25) is 0 Å². The first kappa shape index (κ1) is 13.6. The molecule has 0 unspecified atom stereocenters. The molecule has 100 valence electrons. The molecular formula is C13H15N3O2S. The van der Waals surface area contributed by atoms with Crippen LogP contribution < -0.4 is 5.32 Å². The van der Waals surface area contributed by atoms with Crippen molar-refractivity contribution in [2.75, 3.05) is 20.3 Å². The van der Waals surface area contributed by atoms with Crippen LogP contribution in [-0.4, -0.2) is 41.2 Å². The molecule has 1 saturated heterocycles. The van der Waals surface area contributed by atoms with E-state index in [0.29, 0.717) is 24.0 Å². The van der Waals surface area contributed by atoms with Crippen LogP contribution in [0.1, 0.15) is 12.0 Å². The van der Waals surface area contributed by atoms with Gasteiger partial charge in [0, 0.05) is 32.7 Å². The van der Waals surface area contributed by atoms with Crippen molar-refractivity contribution in [3.05, 3.63) is 35.8 Å². The SMILES string of the molecule is COCCCN1C(=O)/C(=C\c2cccnc2)NC1=S. The number of nitrogens with one attached hydrogen (secondary N) is 1. The van der Waals surface area contributed by atoms with E-state index in [1.54, 1.807) is 30.5 Å². The largest absolute Gasteiger partial charge is 0.385 e. The van der Waals surface area contributed by atoms with Crippen LogP contribution in [0, 0.1) is 0 Å². The highest BCUT2D eigenvalue weighted by Crippen LogP contribution is 2.13. The van der Waals surface area contributed by atoms with Gasteiger partial charge < -0.3 is 10.1 Å². The van der Waals surface area contributed by atoms with E-state index in [0.717, 1.165) is 12.0 Å². The molecule has 5 nitrogen and oxygen atoms in total. The molecule has 2 rings (SSSR count). The fourth-order valence-electron chi connectivity index (χ4n) is 1.77. The van der Waals surface area contributed by atoms with Gasteiger partial charge in [-0.25, -0.2) is 0 Å². The maximum Gasteiger partial charge on any atom is 0.276 e. The number of amides is 1. The van der Waals surface area contributed by atoms with Crippen molar-refractivity contribution in [2.45, 2.75) is 6.42 Å². The number of thiocarbonyl (C=S) groups is 1. The van der Waals surface area contributed by atoms with E-state index in [1.165, 1.54) is 0 Å². The highest BCUT2D eigenvalue weighted by molar-refractivity contribution is 7.80. The van der Waals surface area contributed by atoms with Gasteiger partial charge in [0.05, 0.1) is 0 Å². The van der Waals surface area contributed by atoms with Crippen LogP contribution in [-0.2, 0) is 9.53 Å². The molecular weight excluding hydrogens is 262 g/mol. The highest BCUT2D eigenvalue weighted by atomic mass is 32.1. The first-order chi connectivity index (χ1) is 9.22. The van der Waals surface area contributed by atoms with E-state index in [9.17, 15) is 4.79 Å². The lowest BCUT2D eigenvalue weighted by Crippen LogP contribution is -2.32. The Bertz CT molecular complexity index is 502. The van der Waals surface area contributed by atoms with Crippen LogP contribution in [0.5, 0.6) is 0 Å². The summed E-state index contributed by atoms with van der Waals surface area (Å²) < 4.78 is 4.97. The molecule has 1 aliphatic rings. The lowest BCUT2D eigenvalue weighted by Gasteiger charge is -2.12. The molecule has 1 aliphatic heterocycles. The van der Waals surface area contributed by atoms with Gasteiger partial charge in [0.25, 0.3) is 5.91 Å². The number of aromatic nitrogens is 1. The van der Waals surface area contributed by atoms with Crippen molar-refractivity contribution in [2.24, 2.45) is 0 Å². The van der Waals surface area contributed by atoms with Gasteiger partial charge in [-0.3, -0.25) is 14.7 Å². The first-order valence-corrected chi connectivity index (χ1v) is 6.36. The Balaban J connectivity index is 2.07. The molecule has 0 radical (unpaired) electrons. The van der Waals surface area contributed by atoms with E-state index in [4.69, 9.17) is 17.0 Å². The molecule has 0 spiro atoms. The Morgan fingerprint density at radius 1 is 1.58 bits per heavy atom. The van der Waals surface area contributed by atoms with E-state index < -0.39 is 0 Å². The number of nitrogens with zero attached hydrogens (tertiary/aromatic N) is 2. The quantitative estimate of drug-likeness (QED) is 0.497. The molecule has 1 aromatic heterocycles. The normalized spacial score (nSPS) is 17.1. The Morgan fingerprint density at radius 2 is 2.42 bits per heavy atom. The Kier molecular flexibility index (Phi) is 4.59. The summed E-state index contributed by atoms with van der Waals surface area (Å²) in [6, 6.07) is 3.70. The summed E-state index contributed by atoms with van der Waals surface area (Å²) in [6.45, 7) is 1.16. The van der Waals surface area contributed by atoms with E-state index >= 15 is 0 Å². The summed E-state index contributed by atoms with van der Waals surface area (Å²) >= 11 is 5.16. The third-order valence-electron chi connectivity index (χ3n) is 2.69. The predicted molar refractivity (Wildman–Crippen MR) is 76.2 cm³/mol. The van der Waals surface area contributed by atoms with E-state index in [-0.39, 0.29) is 5.91 Å². The number of carbonyl (C=O) groups is 1. The number of pyridine rings is 1. The van der Waals surface area contributed by atoms with Gasteiger partial charge in [0.2, 0.25) is 0 Å². The number of rotatable bonds is 5. The topological polar surface area (TPSA) is 54.5 Å². The lowest BCUT2D eigenvalue weighted by atomic mass is 10.2. The minimum atomic E-state index is -0.107. The summed E-state index contributed by atoms with van der Waals surface area (Å²) in [7, 11) is 1.64. The molecule has 1 N–H and O–H groups in total. The Morgan fingerprint density at radius 3 is 3.11 bits per heavy atom. The molecule has 19 heavy (non-hydrogen) atoms. The van der Waals surface area contributed by atoms with Crippen molar-refractivity contribution < 1.29 is 9.53 Å². The molecule has 0 bridgehead atoms. The van der Waals surface area contributed by atoms with Gasteiger partial charge in [0.1, 0.15) is 5.70 Å². The van der Waals surface area contributed by atoms with Gasteiger partial charge in [-0.05, 0) is 36.3 Å². The fourth-order valence-corrected chi connectivity index (χ4v) is 2.05. The Hall–Kier alpha value is -1.79. The molecule has 6 heteroatoms. The number of ether oxygens (including phenoxy) is 1. The van der Waals surface area contributed by atoms with Gasteiger partial charge in [0.15, 0.2) is 5.11 Å². The van der Waals surface area contributed by atoms with Crippen molar-refractivity contribution in [1.29, 1.82) is 0 Å². The molecule has 0 atom stereocenters.